The molecule has 1 heterocycles. The number of pyridine rings is 1. The van der Waals surface area contributed by atoms with E-state index >= 15 is 0 Å². The Morgan fingerprint density at radius 2 is 2.14 bits per heavy atom. The van der Waals surface area contributed by atoms with E-state index in [0.717, 1.165) is 5.56 Å². The van der Waals surface area contributed by atoms with E-state index in [0.29, 0.717) is 24.0 Å². The fourth-order valence-electron chi connectivity index (χ4n) is 2.03. The lowest BCUT2D eigenvalue weighted by atomic mass is 10.1. The highest BCUT2D eigenvalue weighted by Crippen LogP contribution is 2.23. The van der Waals surface area contributed by atoms with Crippen molar-refractivity contribution in [2.75, 3.05) is 18.5 Å². The number of aromatic nitrogens is 1. The lowest BCUT2D eigenvalue weighted by molar-refractivity contribution is 0.0718. The smallest absolute Gasteiger partial charge is 0.250 e. The van der Waals surface area contributed by atoms with Crippen molar-refractivity contribution in [2.45, 2.75) is 13.0 Å². The van der Waals surface area contributed by atoms with Crippen LogP contribution in [0.2, 0.25) is 5.02 Å². The molecule has 116 valence electrons. The van der Waals surface area contributed by atoms with Gasteiger partial charge in [0, 0.05) is 19.3 Å². The molecule has 5 nitrogen and oxygen atoms in total. The molecule has 0 aliphatic carbocycles. The molecule has 2 rings (SSSR count). The number of hydrogen-bond donors (Lipinski definition) is 2. The highest BCUT2D eigenvalue weighted by atomic mass is 35.5. The lowest BCUT2D eigenvalue weighted by Gasteiger charge is -2.19. The van der Waals surface area contributed by atoms with E-state index in [1.807, 2.05) is 37.3 Å². The second-order valence-corrected chi connectivity index (χ2v) is 5.06. The molecular weight excluding hydrogens is 302 g/mol. The molecule has 0 spiro atoms. The molecule has 0 aliphatic heterocycles. The van der Waals surface area contributed by atoms with Gasteiger partial charge in [0.05, 0.1) is 16.7 Å². The predicted molar refractivity (Wildman–Crippen MR) is 87.1 cm³/mol. The van der Waals surface area contributed by atoms with Gasteiger partial charge in [0.1, 0.15) is 5.82 Å². The minimum absolute atomic E-state index is 0.111. The van der Waals surface area contributed by atoms with Crippen molar-refractivity contribution in [3.8, 4) is 0 Å². The SMILES string of the molecule is CCOC(CNc1ncc(C(N)=O)cc1Cl)c1ccccc1. The quantitative estimate of drug-likeness (QED) is 0.822. The number of nitrogens with one attached hydrogen (secondary N) is 1. The number of nitrogens with two attached hydrogens (primary N) is 1. The second kappa shape index (κ2) is 7.77. The van der Waals surface area contributed by atoms with E-state index in [9.17, 15) is 4.79 Å². The number of rotatable bonds is 7. The molecule has 0 saturated heterocycles. The van der Waals surface area contributed by atoms with Crippen LogP contribution in [0.1, 0.15) is 28.9 Å². The maximum atomic E-state index is 11.1. The molecule has 6 heteroatoms. The molecule has 1 amide bonds. The zero-order valence-corrected chi connectivity index (χ0v) is 13.0. The van der Waals surface area contributed by atoms with Crippen LogP contribution in [-0.4, -0.2) is 24.0 Å². The minimum atomic E-state index is -0.558. The molecule has 22 heavy (non-hydrogen) atoms. The van der Waals surface area contributed by atoms with E-state index < -0.39 is 5.91 Å². The largest absolute Gasteiger partial charge is 0.372 e. The Balaban J connectivity index is 2.08. The zero-order valence-electron chi connectivity index (χ0n) is 12.3. The predicted octanol–water partition coefficient (Wildman–Crippen LogP) is 3.02. The summed E-state index contributed by atoms with van der Waals surface area (Å²) in [5.41, 5.74) is 6.54. The van der Waals surface area contributed by atoms with Crippen LogP contribution >= 0.6 is 11.6 Å². The van der Waals surface area contributed by atoms with Gasteiger partial charge >= 0.3 is 0 Å². The van der Waals surface area contributed by atoms with Gasteiger partial charge in [0.15, 0.2) is 0 Å². The Hall–Kier alpha value is -2.11. The first kappa shape index (κ1) is 16.3. The van der Waals surface area contributed by atoms with Gasteiger partial charge in [0.25, 0.3) is 0 Å². The number of amides is 1. The first-order valence-electron chi connectivity index (χ1n) is 6.97. The van der Waals surface area contributed by atoms with Crippen molar-refractivity contribution >= 4 is 23.3 Å². The molecule has 1 aromatic carbocycles. The normalized spacial score (nSPS) is 11.9. The molecule has 0 saturated carbocycles. The number of carbonyl (C=O) groups excluding carboxylic acids is 1. The Kier molecular flexibility index (Phi) is 5.75. The van der Waals surface area contributed by atoms with Crippen LogP contribution in [0.3, 0.4) is 0 Å². The van der Waals surface area contributed by atoms with Gasteiger partial charge in [-0.05, 0) is 18.6 Å². The highest BCUT2D eigenvalue weighted by molar-refractivity contribution is 6.33. The monoisotopic (exact) mass is 319 g/mol. The topological polar surface area (TPSA) is 77.2 Å². The van der Waals surface area contributed by atoms with Gasteiger partial charge in [0.2, 0.25) is 5.91 Å². The molecular formula is C16H18ClN3O2. The molecule has 0 fully saturated rings. The van der Waals surface area contributed by atoms with Crippen LogP contribution in [0.5, 0.6) is 0 Å². The third-order valence-electron chi connectivity index (χ3n) is 3.12. The van der Waals surface area contributed by atoms with Crippen molar-refractivity contribution in [3.63, 3.8) is 0 Å². The Labute approximate surface area is 134 Å². The van der Waals surface area contributed by atoms with Crippen LogP contribution in [0, 0.1) is 0 Å². The van der Waals surface area contributed by atoms with Crippen LogP contribution in [0.15, 0.2) is 42.6 Å². The summed E-state index contributed by atoms with van der Waals surface area (Å²) in [6.45, 7) is 3.06. The first-order valence-corrected chi connectivity index (χ1v) is 7.35. The first-order chi connectivity index (χ1) is 10.6. The molecule has 3 N–H and O–H groups in total. The third kappa shape index (κ3) is 4.19. The summed E-state index contributed by atoms with van der Waals surface area (Å²) in [6.07, 6.45) is 1.29. The number of hydrogen-bond acceptors (Lipinski definition) is 4. The number of carbonyl (C=O) groups is 1. The van der Waals surface area contributed by atoms with Gasteiger partial charge in [-0.3, -0.25) is 4.79 Å². The molecule has 0 aliphatic rings. The number of primary amides is 1. The molecule has 0 bridgehead atoms. The summed E-state index contributed by atoms with van der Waals surface area (Å²) in [7, 11) is 0. The number of ether oxygens (including phenoxy) is 1. The van der Waals surface area contributed by atoms with E-state index in [4.69, 9.17) is 22.1 Å². The van der Waals surface area contributed by atoms with Gasteiger partial charge < -0.3 is 15.8 Å². The number of nitrogens with zero attached hydrogens (tertiary/aromatic N) is 1. The highest BCUT2D eigenvalue weighted by Gasteiger charge is 2.13. The number of anilines is 1. The molecule has 1 aromatic heterocycles. The zero-order chi connectivity index (χ0) is 15.9. The summed E-state index contributed by atoms with van der Waals surface area (Å²) in [5, 5.41) is 3.49. The Morgan fingerprint density at radius 1 is 1.41 bits per heavy atom. The maximum Gasteiger partial charge on any atom is 0.250 e. The van der Waals surface area contributed by atoms with Crippen molar-refractivity contribution in [3.05, 3.63) is 58.7 Å². The van der Waals surface area contributed by atoms with Crippen LogP contribution in [0.4, 0.5) is 5.82 Å². The van der Waals surface area contributed by atoms with Gasteiger partial charge in [-0.1, -0.05) is 41.9 Å². The fourth-order valence-corrected chi connectivity index (χ4v) is 2.27. The van der Waals surface area contributed by atoms with E-state index in [1.54, 1.807) is 0 Å². The fraction of sp³-hybridized carbons (Fsp3) is 0.250. The van der Waals surface area contributed by atoms with Crippen molar-refractivity contribution in [1.82, 2.24) is 4.98 Å². The molecule has 2 aromatic rings. The average Bonchev–Trinajstić information content (AvgIpc) is 2.53. The van der Waals surface area contributed by atoms with E-state index in [2.05, 4.69) is 10.3 Å². The second-order valence-electron chi connectivity index (χ2n) is 4.65. The third-order valence-corrected chi connectivity index (χ3v) is 3.41. The van der Waals surface area contributed by atoms with E-state index in [1.165, 1.54) is 12.3 Å². The van der Waals surface area contributed by atoms with Crippen LogP contribution < -0.4 is 11.1 Å². The van der Waals surface area contributed by atoms with Gasteiger partial charge in [-0.15, -0.1) is 0 Å². The van der Waals surface area contributed by atoms with Gasteiger partial charge in [-0.25, -0.2) is 4.98 Å². The average molecular weight is 320 g/mol. The summed E-state index contributed by atoms with van der Waals surface area (Å²) < 4.78 is 5.74. The van der Waals surface area contributed by atoms with Gasteiger partial charge in [-0.2, -0.15) is 0 Å². The van der Waals surface area contributed by atoms with Crippen molar-refractivity contribution < 1.29 is 9.53 Å². The minimum Gasteiger partial charge on any atom is -0.372 e. The molecule has 0 radical (unpaired) electrons. The molecule has 1 atom stereocenters. The van der Waals surface area contributed by atoms with Crippen molar-refractivity contribution in [1.29, 1.82) is 0 Å². The van der Waals surface area contributed by atoms with Crippen LogP contribution in [0.25, 0.3) is 0 Å². The van der Waals surface area contributed by atoms with E-state index in [-0.39, 0.29) is 11.7 Å². The Morgan fingerprint density at radius 3 is 2.73 bits per heavy atom. The van der Waals surface area contributed by atoms with Crippen molar-refractivity contribution in [2.24, 2.45) is 5.73 Å². The summed E-state index contributed by atoms with van der Waals surface area (Å²) >= 11 is 6.11. The number of benzene rings is 1. The lowest BCUT2D eigenvalue weighted by Crippen LogP contribution is -2.17. The Bertz CT molecular complexity index is 635. The summed E-state index contributed by atoms with van der Waals surface area (Å²) in [6, 6.07) is 11.4. The molecule has 1 unspecified atom stereocenters. The van der Waals surface area contributed by atoms with Crippen LogP contribution in [-0.2, 0) is 4.74 Å². The summed E-state index contributed by atoms with van der Waals surface area (Å²) in [5.74, 6) is -0.0651. The summed E-state index contributed by atoms with van der Waals surface area (Å²) in [4.78, 5) is 15.2. The number of halogens is 1. The maximum absolute atomic E-state index is 11.1. The standard InChI is InChI=1S/C16H18ClN3O2/c1-2-22-14(11-6-4-3-5-7-11)10-20-16-13(17)8-12(9-19-16)15(18)21/h3-9,14H,2,10H2,1H3,(H2,18,21)(H,19,20).